The number of hydrogen-bond acceptors (Lipinski definition) is 3. The van der Waals surface area contributed by atoms with Crippen molar-refractivity contribution in [3.63, 3.8) is 0 Å². The maximum absolute atomic E-state index is 8.42. The van der Waals surface area contributed by atoms with Gasteiger partial charge < -0.3 is 0 Å². The Morgan fingerprint density at radius 2 is 1.60 bits per heavy atom. The lowest BCUT2D eigenvalue weighted by Crippen LogP contribution is -2.15. The SMILES string of the molecule is CPCC(C#N)(C#N)C#N. The molecule has 0 bridgehead atoms. The first kappa shape index (κ1) is 8.90. The van der Waals surface area contributed by atoms with Crippen LogP contribution in [0.15, 0.2) is 0 Å². The predicted octanol–water partition coefficient (Wildman–Crippen LogP) is 0.852. The van der Waals surface area contributed by atoms with Crippen LogP contribution in [0.5, 0.6) is 0 Å². The second-order valence-corrected chi connectivity index (χ2v) is 2.83. The van der Waals surface area contributed by atoms with E-state index in [1.165, 1.54) is 0 Å². The van der Waals surface area contributed by atoms with Crippen molar-refractivity contribution in [2.24, 2.45) is 5.41 Å². The van der Waals surface area contributed by atoms with Crippen LogP contribution in [0, 0.1) is 39.4 Å². The van der Waals surface area contributed by atoms with Crippen molar-refractivity contribution in [1.29, 1.82) is 15.8 Å². The van der Waals surface area contributed by atoms with E-state index in [0.717, 1.165) is 0 Å². The van der Waals surface area contributed by atoms with Gasteiger partial charge >= 0.3 is 0 Å². The van der Waals surface area contributed by atoms with Crippen LogP contribution < -0.4 is 0 Å². The monoisotopic (exact) mass is 151 g/mol. The summed E-state index contributed by atoms with van der Waals surface area (Å²) in [5.74, 6) is 0. The van der Waals surface area contributed by atoms with Crippen LogP contribution in [-0.2, 0) is 0 Å². The summed E-state index contributed by atoms with van der Waals surface area (Å²) in [6, 6.07) is 5.10. The van der Waals surface area contributed by atoms with Gasteiger partial charge in [-0.05, 0) is 6.66 Å². The fourth-order valence-electron chi connectivity index (χ4n) is 0.459. The maximum Gasteiger partial charge on any atom is 0.232 e. The summed E-state index contributed by atoms with van der Waals surface area (Å²) < 4.78 is 0. The molecule has 0 rings (SSSR count). The third-order valence-corrected chi connectivity index (χ3v) is 1.90. The van der Waals surface area contributed by atoms with E-state index in [9.17, 15) is 0 Å². The van der Waals surface area contributed by atoms with Crippen LogP contribution >= 0.6 is 8.58 Å². The smallest absolute Gasteiger partial charge is 0.195 e. The normalized spacial score (nSPS) is 10.2. The van der Waals surface area contributed by atoms with E-state index in [0.29, 0.717) is 14.7 Å². The summed E-state index contributed by atoms with van der Waals surface area (Å²) in [5.41, 5.74) is -1.40. The summed E-state index contributed by atoms with van der Waals surface area (Å²) in [6.07, 6.45) is 0.358. The predicted molar refractivity (Wildman–Crippen MR) is 38.4 cm³/mol. The number of nitriles is 3. The number of rotatable bonds is 2. The molecule has 0 fully saturated rings. The number of nitrogens with zero attached hydrogens (tertiary/aromatic N) is 3. The summed E-state index contributed by atoms with van der Waals surface area (Å²) in [4.78, 5) is 0. The summed E-state index contributed by atoms with van der Waals surface area (Å²) >= 11 is 0. The summed E-state index contributed by atoms with van der Waals surface area (Å²) in [6.45, 7) is 1.86. The first-order valence-electron chi connectivity index (χ1n) is 2.63. The minimum absolute atomic E-state index is 0.358. The molecule has 0 aromatic carbocycles. The topological polar surface area (TPSA) is 71.4 Å². The molecule has 0 saturated heterocycles. The molecule has 0 spiro atoms. The molecule has 0 aliphatic heterocycles. The molecule has 0 heterocycles. The lowest BCUT2D eigenvalue weighted by atomic mass is 9.97. The van der Waals surface area contributed by atoms with Gasteiger partial charge in [-0.25, -0.2) is 0 Å². The summed E-state index contributed by atoms with van der Waals surface area (Å²) in [7, 11) is 0.462. The molecule has 50 valence electrons. The fourth-order valence-corrected chi connectivity index (χ4v) is 1.23. The Labute approximate surface area is 61.7 Å². The zero-order chi connectivity index (χ0) is 8.04. The third kappa shape index (κ3) is 1.70. The third-order valence-electron chi connectivity index (χ3n) is 1.01. The van der Waals surface area contributed by atoms with Gasteiger partial charge in [-0.15, -0.1) is 8.58 Å². The van der Waals surface area contributed by atoms with Crippen molar-refractivity contribution in [1.82, 2.24) is 0 Å². The fraction of sp³-hybridized carbons (Fsp3) is 0.500. The average molecular weight is 151 g/mol. The zero-order valence-corrected chi connectivity index (χ0v) is 6.55. The van der Waals surface area contributed by atoms with Gasteiger partial charge in [0, 0.05) is 6.16 Å². The Morgan fingerprint density at radius 1 is 1.20 bits per heavy atom. The standard InChI is InChI=1S/C6H6N3P/c1-10-5-6(2-7,3-8)4-9/h10H,5H2,1H3. The molecule has 1 unspecified atom stereocenters. The Balaban J connectivity index is 4.45. The molecular formula is C6H6N3P. The van der Waals surface area contributed by atoms with E-state index in [-0.39, 0.29) is 0 Å². The van der Waals surface area contributed by atoms with Crippen molar-refractivity contribution in [2.45, 2.75) is 0 Å². The Morgan fingerprint density at radius 3 is 1.70 bits per heavy atom. The quantitative estimate of drug-likeness (QED) is 0.549. The highest BCUT2D eigenvalue weighted by Gasteiger charge is 2.28. The molecule has 0 aliphatic rings. The van der Waals surface area contributed by atoms with E-state index < -0.39 is 5.41 Å². The van der Waals surface area contributed by atoms with Crippen LogP contribution in [0.1, 0.15) is 0 Å². The Hall–Kier alpha value is -1.10. The zero-order valence-electron chi connectivity index (χ0n) is 5.55. The van der Waals surface area contributed by atoms with Crippen LogP contribution in [0.2, 0.25) is 0 Å². The van der Waals surface area contributed by atoms with Crippen molar-refractivity contribution in [2.75, 3.05) is 12.8 Å². The van der Waals surface area contributed by atoms with E-state index >= 15 is 0 Å². The van der Waals surface area contributed by atoms with Gasteiger partial charge in [0.1, 0.15) is 18.2 Å². The molecule has 1 atom stereocenters. The molecule has 10 heavy (non-hydrogen) atoms. The second-order valence-electron chi connectivity index (χ2n) is 1.77. The van der Waals surface area contributed by atoms with Crippen LogP contribution in [0.25, 0.3) is 0 Å². The molecule has 0 radical (unpaired) electrons. The molecule has 0 aliphatic carbocycles. The van der Waals surface area contributed by atoms with E-state index in [2.05, 4.69) is 0 Å². The molecular weight excluding hydrogens is 145 g/mol. The van der Waals surface area contributed by atoms with Gasteiger partial charge in [-0.3, -0.25) is 0 Å². The molecule has 0 amide bonds. The van der Waals surface area contributed by atoms with Crippen molar-refractivity contribution in [3.8, 4) is 18.2 Å². The summed E-state index contributed by atoms with van der Waals surface area (Å²) in [5, 5.41) is 25.3. The van der Waals surface area contributed by atoms with Crippen LogP contribution in [0.3, 0.4) is 0 Å². The largest absolute Gasteiger partial charge is 0.232 e. The lowest BCUT2D eigenvalue weighted by Gasteiger charge is -2.04. The highest BCUT2D eigenvalue weighted by molar-refractivity contribution is 7.37. The van der Waals surface area contributed by atoms with Gasteiger partial charge in [-0.2, -0.15) is 15.8 Å². The molecule has 0 saturated carbocycles. The molecule has 4 heteroatoms. The Bertz CT molecular complexity index is 191. The molecule has 0 N–H and O–H groups in total. The van der Waals surface area contributed by atoms with Crippen molar-refractivity contribution < 1.29 is 0 Å². The minimum Gasteiger partial charge on any atom is -0.195 e. The van der Waals surface area contributed by atoms with E-state index in [1.54, 1.807) is 18.2 Å². The van der Waals surface area contributed by atoms with Crippen molar-refractivity contribution in [3.05, 3.63) is 0 Å². The van der Waals surface area contributed by atoms with E-state index in [4.69, 9.17) is 15.8 Å². The van der Waals surface area contributed by atoms with Crippen LogP contribution in [-0.4, -0.2) is 12.8 Å². The highest BCUT2D eigenvalue weighted by atomic mass is 31.1. The van der Waals surface area contributed by atoms with E-state index in [1.807, 2.05) is 6.66 Å². The molecule has 0 aromatic heterocycles. The Kier molecular flexibility index (Phi) is 3.42. The maximum atomic E-state index is 8.42. The van der Waals surface area contributed by atoms with Gasteiger partial charge in [-0.1, -0.05) is 0 Å². The highest BCUT2D eigenvalue weighted by Crippen LogP contribution is 2.21. The van der Waals surface area contributed by atoms with Gasteiger partial charge in [0.2, 0.25) is 5.41 Å². The molecule has 3 nitrogen and oxygen atoms in total. The van der Waals surface area contributed by atoms with Crippen LogP contribution in [0.4, 0.5) is 0 Å². The molecule has 0 aromatic rings. The van der Waals surface area contributed by atoms with Gasteiger partial charge in [0.25, 0.3) is 0 Å². The number of hydrogen-bond donors (Lipinski definition) is 0. The first-order valence-corrected chi connectivity index (χ1v) is 4.34. The first-order chi connectivity index (χ1) is 4.74. The van der Waals surface area contributed by atoms with Crippen molar-refractivity contribution >= 4 is 8.58 Å². The van der Waals surface area contributed by atoms with Gasteiger partial charge in [0.15, 0.2) is 0 Å². The van der Waals surface area contributed by atoms with Gasteiger partial charge in [0.05, 0.1) is 0 Å². The second kappa shape index (κ2) is 3.84. The minimum atomic E-state index is -1.40. The lowest BCUT2D eigenvalue weighted by molar-refractivity contribution is 0.785. The average Bonchev–Trinajstić information content (AvgIpc) is 2.01.